The quantitative estimate of drug-likeness (QED) is 0.710. The van der Waals surface area contributed by atoms with E-state index < -0.39 is 5.97 Å². The Morgan fingerprint density at radius 2 is 2.10 bits per heavy atom. The first-order chi connectivity index (χ1) is 9.93. The highest BCUT2D eigenvalue weighted by atomic mass is 16.5. The zero-order valence-corrected chi connectivity index (χ0v) is 13.6. The summed E-state index contributed by atoms with van der Waals surface area (Å²) in [6.45, 7) is 9.66. The summed E-state index contributed by atoms with van der Waals surface area (Å²) >= 11 is 0. The number of carboxylic acids is 1. The lowest BCUT2D eigenvalue weighted by atomic mass is 10.1. The van der Waals surface area contributed by atoms with Crippen LogP contribution in [0.2, 0.25) is 0 Å². The average Bonchev–Trinajstić information content (AvgIpc) is 2.44. The molecule has 4 heteroatoms. The van der Waals surface area contributed by atoms with Gasteiger partial charge in [-0.25, -0.2) is 0 Å². The number of aliphatic carboxylic acids is 1. The van der Waals surface area contributed by atoms with Gasteiger partial charge in [0.25, 0.3) is 0 Å². The minimum absolute atomic E-state index is 0.0957. The largest absolute Gasteiger partial charge is 0.493 e. The van der Waals surface area contributed by atoms with Gasteiger partial charge in [0.05, 0.1) is 13.2 Å². The van der Waals surface area contributed by atoms with E-state index in [0.29, 0.717) is 6.61 Å². The molecule has 0 amide bonds. The van der Waals surface area contributed by atoms with E-state index in [-0.39, 0.29) is 12.6 Å². The Labute approximate surface area is 127 Å². The number of rotatable bonds is 9. The Morgan fingerprint density at radius 3 is 2.71 bits per heavy atom. The standard InChI is InChI=1S/C17H27NO3/c1-5-15(4)18(12-17(19)20)9-6-10-21-16-11-13(2)7-8-14(16)3/h7-8,11,15H,5-6,9-10,12H2,1-4H3,(H,19,20). The van der Waals surface area contributed by atoms with Crippen molar-refractivity contribution in [2.45, 2.75) is 46.6 Å². The summed E-state index contributed by atoms with van der Waals surface area (Å²) in [4.78, 5) is 12.9. The van der Waals surface area contributed by atoms with Gasteiger partial charge in [-0.15, -0.1) is 0 Å². The number of benzene rings is 1. The number of ether oxygens (including phenoxy) is 1. The van der Waals surface area contributed by atoms with Crippen LogP contribution in [0.25, 0.3) is 0 Å². The maximum absolute atomic E-state index is 10.9. The van der Waals surface area contributed by atoms with Gasteiger partial charge in [-0.3, -0.25) is 9.69 Å². The minimum atomic E-state index is -0.772. The highest BCUT2D eigenvalue weighted by Gasteiger charge is 2.15. The number of nitrogens with zero attached hydrogens (tertiary/aromatic N) is 1. The van der Waals surface area contributed by atoms with E-state index in [0.717, 1.165) is 30.7 Å². The number of hydrogen-bond donors (Lipinski definition) is 1. The highest BCUT2D eigenvalue weighted by molar-refractivity contribution is 5.69. The fourth-order valence-electron chi connectivity index (χ4n) is 2.20. The van der Waals surface area contributed by atoms with Gasteiger partial charge in [0.1, 0.15) is 5.75 Å². The van der Waals surface area contributed by atoms with Gasteiger partial charge in [-0.2, -0.15) is 0 Å². The van der Waals surface area contributed by atoms with Crippen LogP contribution in [-0.4, -0.2) is 41.7 Å². The molecule has 1 unspecified atom stereocenters. The zero-order chi connectivity index (χ0) is 15.8. The maximum Gasteiger partial charge on any atom is 0.317 e. The Hall–Kier alpha value is -1.55. The second kappa shape index (κ2) is 8.67. The van der Waals surface area contributed by atoms with Crippen LogP contribution in [0.4, 0.5) is 0 Å². The van der Waals surface area contributed by atoms with E-state index in [1.807, 2.05) is 24.8 Å². The Kier molecular flexibility index (Phi) is 7.23. The van der Waals surface area contributed by atoms with E-state index in [1.54, 1.807) is 0 Å². The van der Waals surface area contributed by atoms with Crippen molar-refractivity contribution in [3.05, 3.63) is 29.3 Å². The van der Waals surface area contributed by atoms with Gasteiger partial charge in [0, 0.05) is 12.6 Å². The fourth-order valence-corrected chi connectivity index (χ4v) is 2.20. The van der Waals surface area contributed by atoms with Crippen LogP contribution in [0.3, 0.4) is 0 Å². The Morgan fingerprint density at radius 1 is 1.38 bits per heavy atom. The molecule has 4 nitrogen and oxygen atoms in total. The van der Waals surface area contributed by atoms with Crippen molar-refractivity contribution in [1.82, 2.24) is 4.90 Å². The van der Waals surface area contributed by atoms with Crippen molar-refractivity contribution in [2.24, 2.45) is 0 Å². The third-order valence-corrected chi connectivity index (χ3v) is 3.74. The molecular weight excluding hydrogens is 266 g/mol. The molecule has 118 valence electrons. The molecule has 0 heterocycles. The summed E-state index contributed by atoms with van der Waals surface area (Å²) in [6, 6.07) is 6.45. The third kappa shape index (κ3) is 6.17. The molecular formula is C17H27NO3. The summed E-state index contributed by atoms with van der Waals surface area (Å²) in [5.74, 6) is 0.147. The molecule has 0 fully saturated rings. The molecule has 1 rings (SSSR count). The lowest BCUT2D eigenvalue weighted by Gasteiger charge is -2.26. The third-order valence-electron chi connectivity index (χ3n) is 3.74. The normalized spacial score (nSPS) is 12.4. The fraction of sp³-hybridized carbons (Fsp3) is 0.588. The summed E-state index contributed by atoms with van der Waals surface area (Å²) in [7, 11) is 0. The monoisotopic (exact) mass is 293 g/mol. The Balaban J connectivity index is 2.43. The van der Waals surface area contributed by atoms with E-state index in [2.05, 4.69) is 26.0 Å². The Bertz CT molecular complexity index is 459. The molecule has 0 bridgehead atoms. The van der Waals surface area contributed by atoms with E-state index in [1.165, 1.54) is 5.56 Å². The van der Waals surface area contributed by atoms with Crippen LogP contribution in [0.15, 0.2) is 18.2 Å². The number of carboxylic acid groups (broad SMARTS) is 1. The molecule has 0 aliphatic carbocycles. The lowest BCUT2D eigenvalue weighted by molar-refractivity contribution is -0.138. The average molecular weight is 293 g/mol. The summed E-state index contributed by atoms with van der Waals surface area (Å²) in [5, 5.41) is 8.96. The maximum atomic E-state index is 10.9. The number of carbonyl (C=O) groups is 1. The first-order valence-corrected chi connectivity index (χ1v) is 7.60. The summed E-state index contributed by atoms with van der Waals surface area (Å²) < 4.78 is 5.81. The molecule has 0 radical (unpaired) electrons. The van der Waals surface area contributed by atoms with Crippen molar-refractivity contribution in [3.8, 4) is 5.75 Å². The molecule has 1 N–H and O–H groups in total. The van der Waals surface area contributed by atoms with Gasteiger partial charge < -0.3 is 9.84 Å². The van der Waals surface area contributed by atoms with E-state index in [9.17, 15) is 4.79 Å². The van der Waals surface area contributed by atoms with Crippen LogP contribution in [-0.2, 0) is 4.79 Å². The number of aryl methyl sites for hydroxylation is 2. The van der Waals surface area contributed by atoms with Crippen molar-refractivity contribution in [1.29, 1.82) is 0 Å². The number of hydrogen-bond acceptors (Lipinski definition) is 3. The van der Waals surface area contributed by atoms with Crippen LogP contribution >= 0.6 is 0 Å². The molecule has 0 saturated carbocycles. The van der Waals surface area contributed by atoms with Gasteiger partial charge in [-0.1, -0.05) is 19.1 Å². The second-order valence-electron chi connectivity index (χ2n) is 5.59. The molecule has 1 aromatic rings. The predicted molar refractivity (Wildman–Crippen MR) is 85.0 cm³/mol. The topological polar surface area (TPSA) is 49.8 Å². The summed E-state index contributed by atoms with van der Waals surface area (Å²) in [5.41, 5.74) is 2.31. The van der Waals surface area contributed by atoms with Crippen molar-refractivity contribution < 1.29 is 14.6 Å². The molecule has 0 aliphatic rings. The van der Waals surface area contributed by atoms with Crippen molar-refractivity contribution in [2.75, 3.05) is 19.7 Å². The van der Waals surface area contributed by atoms with Crippen LogP contribution in [0, 0.1) is 13.8 Å². The minimum Gasteiger partial charge on any atom is -0.493 e. The van der Waals surface area contributed by atoms with Crippen LogP contribution in [0.1, 0.15) is 37.8 Å². The van der Waals surface area contributed by atoms with Gasteiger partial charge in [0.15, 0.2) is 0 Å². The highest BCUT2D eigenvalue weighted by Crippen LogP contribution is 2.19. The van der Waals surface area contributed by atoms with Gasteiger partial charge >= 0.3 is 5.97 Å². The van der Waals surface area contributed by atoms with E-state index in [4.69, 9.17) is 9.84 Å². The second-order valence-corrected chi connectivity index (χ2v) is 5.59. The smallest absolute Gasteiger partial charge is 0.317 e. The molecule has 0 saturated heterocycles. The first kappa shape index (κ1) is 17.5. The van der Waals surface area contributed by atoms with E-state index >= 15 is 0 Å². The van der Waals surface area contributed by atoms with Crippen LogP contribution < -0.4 is 4.74 Å². The molecule has 0 aliphatic heterocycles. The zero-order valence-electron chi connectivity index (χ0n) is 13.6. The molecule has 1 atom stereocenters. The van der Waals surface area contributed by atoms with Gasteiger partial charge in [0.2, 0.25) is 0 Å². The van der Waals surface area contributed by atoms with Gasteiger partial charge in [-0.05, 0) is 50.8 Å². The SMILES string of the molecule is CCC(C)N(CCCOc1cc(C)ccc1C)CC(=O)O. The molecule has 0 aromatic heterocycles. The lowest BCUT2D eigenvalue weighted by Crippen LogP contribution is -2.38. The molecule has 1 aromatic carbocycles. The first-order valence-electron chi connectivity index (χ1n) is 7.60. The molecule has 0 spiro atoms. The predicted octanol–water partition coefficient (Wildman–Crippen LogP) is 3.26. The van der Waals surface area contributed by atoms with Crippen molar-refractivity contribution >= 4 is 5.97 Å². The van der Waals surface area contributed by atoms with Crippen LogP contribution in [0.5, 0.6) is 5.75 Å². The van der Waals surface area contributed by atoms with Crippen molar-refractivity contribution in [3.63, 3.8) is 0 Å². The molecule has 21 heavy (non-hydrogen) atoms. The summed E-state index contributed by atoms with van der Waals surface area (Å²) in [6.07, 6.45) is 1.77.